The summed E-state index contributed by atoms with van der Waals surface area (Å²) < 4.78 is 30.6. The molecule has 27 heavy (non-hydrogen) atoms. The molecule has 0 saturated carbocycles. The van der Waals surface area contributed by atoms with Gasteiger partial charge < -0.3 is 10.1 Å². The fourth-order valence-electron chi connectivity index (χ4n) is 2.61. The van der Waals surface area contributed by atoms with Gasteiger partial charge in [0.1, 0.15) is 5.75 Å². The van der Waals surface area contributed by atoms with E-state index in [4.69, 9.17) is 16.3 Å². The fourth-order valence-corrected chi connectivity index (χ4v) is 3.70. The lowest BCUT2D eigenvalue weighted by atomic mass is 10.2. The molecule has 0 fully saturated rings. The number of carbonyl (C=O) groups excluding carboxylic acids is 1. The summed E-state index contributed by atoms with van der Waals surface area (Å²) in [5.41, 5.74) is 1.41. The molecule has 8 heteroatoms. The minimum Gasteiger partial charge on any atom is -0.496 e. The molecule has 0 aliphatic carbocycles. The van der Waals surface area contributed by atoms with Gasteiger partial charge in [-0.25, -0.2) is 8.42 Å². The Labute approximate surface area is 165 Å². The summed E-state index contributed by atoms with van der Waals surface area (Å²) in [6, 6.07) is 14.0. The van der Waals surface area contributed by atoms with E-state index < -0.39 is 10.0 Å². The SMILES string of the molecule is COc1ccccc1CNC(=O)CCCN(c1ccc(Cl)cc1)S(C)(=O)=O. The fraction of sp³-hybridized carbons (Fsp3) is 0.316. The Balaban J connectivity index is 1.89. The number of methoxy groups -OCH3 is 1. The second-order valence-corrected chi connectivity index (χ2v) is 8.35. The number of para-hydroxylation sites is 1. The minimum absolute atomic E-state index is 0.148. The van der Waals surface area contributed by atoms with Crippen molar-refractivity contribution in [2.24, 2.45) is 0 Å². The maximum absolute atomic E-state index is 12.1. The monoisotopic (exact) mass is 410 g/mol. The highest BCUT2D eigenvalue weighted by molar-refractivity contribution is 7.92. The summed E-state index contributed by atoms with van der Waals surface area (Å²) in [5, 5.41) is 3.36. The van der Waals surface area contributed by atoms with Crippen molar-refractivity contribution in [1.29, 1.82) is 0 Å². The van der Waals surface area contributed by atoms with Crippen LogP contribution in [0.25, 0.3) is 0 Å². The predicted molar refractivity (Wildman–Crippen MR) is 108 cm³/mol. The molecule has 1 N–H and O–H groups in total. The van der Waals surface area contributed by atoms with Crippen molar-refractivity contribution >= 4 is 33.2 Å². The quantitative estimate of drug-likeness (QED) is 0.688. The average molecular weight is 411 g/mol. The lowest BCUT2D eigenvalue weighted by Crippen LogP contribution is -2.32. The summed E-state index contributed by atoms with van der Waals surface area (Å²) in [6.45, 7) is 0.568. The van der Waals surface area contributed by atoms with Crippen molar-refractivity contribution in [1.82, 2.24) is 5.32 Å². The van der Waals surface area contributed by atoms with Gasteiger partial charge in [-0.3, -0.25) is 9.10 Å². The highest BCUT2D eigenvalue weighted by Crippen LogP contribution is 2.21. The van der Waals surface area contributed by atoms with E-state index in [0.717, 1.165) is 11.8 Å². The van der Waals surface area contributed by atoms with E-state index in [1.807, 2.05) is 24.3 Å². The number of ether oxygens (including phenoxy) is 1. The molecule has 6 nitrogen and oxygen atoms in total. The van der Waals surface area contributed by atoms with Crippen LogP contribution in [-0.2, 0) is 21.4 Å². The first kappa shape index (κ1) is 21.1. The zero-order chi connectivity index (χ0) is 19.9. The topological polar surface area (TPSA) is 75.7 Å². The molecular weight excluding hydrogens is 388 g/mol. The number of nitrogens with one attached hydrogen (secondary N) is 1. The molecule has 0 unspecified atom stereocenters. The lowest BCUT2D eigenvalue weighted by molar-refractivity contribution is -0.121. The molecule has 2 aromatic carbocycles. The number of hydrogen-bond acceptors (Lipinski definition) is 4. The van der Waals surface area contributed by atoms with E-state index in [1.54, 1.807) is 31.4 Å². The molecule has 0 aliphatic heterocycles. The van der Waals surface area contributed by atoms with Gasteiger partial charge in [0.25, 0.3) is 0 Å². The van der Waals surface area contributed by atoms with E-state index in [0.29, 0.717) is 29.4 Å². The van der Waals surface area contributed by atoms with E-state index in [-0.39, 0.29) is 18.9 Å². The van der Waals surface area contributed by atoms with Crippen LogP contribution in [0.1, 0.15) is 18.4 Å². The van der Waals surface area contributed by atoms with Crippen molar-refractivity contribution in [3.63, 3.8) is 0 Å². The summed E-state index contributed by atoms with van der Waals surface area (Å²) in [4.78, 5) is 12.1. The zero-order valence-electron chi connectivity index (χ0n) is 15.3. The van der Waals surface area contributed by atoms with Crippen molar-refractivity contribution < 1.29 is 17.9 Å². The van der Waals surface area contributed by atoms with Crippen LogP contribution >= 0.6 is 11.6 Å². The number of amides is 1. The van der Waals surface area contributed by atoms with Gasteiger partial charge in [0, 0.05) is 30.1 Å². The number of halogens is 1. The first-order valence-corrected chi connectivity index (χ1v) is 10.7. The number of hydrogen-bond donors (Lipinski definition) is 1. The van der Waals surface area contributed by atoms with E-state index in [1.165, 1.54) is 4.31 Å². The number of anilines is 1. The van der Waals surface area contributed by atoms with Crippen LogP contribution in [0.5, 0.6) is 5.75 Å². The predicted octanol–water partition coefficient (Wildman–Crippen LogP) is 3.21. The second kappa shape index (κ2) is 9.62. The molecule has 0 bridgehead atoms. The van der Waals surface area contributed by atoms with E-state index in [2.05, 4.69) is 5.32 Å². The van der Waals surface area contributed by atoms with Crippen LogP contribution in [0.15, 0.2) is 48.5 Å². The Morgan fingerprint density at radius 2 is 1.81 bits per heavy atom. The van der Waals surface area contributed by atoms with Gasteiger partial charge in [-0.2, -0.15) is 0 Å². The molecule has 0 spiro atoms. The standard InChI is InChI=1S/C19H23ClN2O4S/c1-26-18-7-4-3-6-15(18)14-21-19(23)8-5-13-22(27(2,24)25)17-11-9-16(20)10-12-17/h3-4,6-7,9-12H,5,8,13-14H2,1-2H3,(H,21,23). The van der Waals surface area contributed by atoms with Gasteiger partial charge in [-0.1, -0.05) is 29.8 Å². The van der Waals surface area contributed by atoms with Gasteiger partial charge in [-0.05, 0) is 36.8 Å². The third kappa shape index (κ3) is 6.45. The molecule has 0 aromatic heterocycles. The smallest absolute Gasteiger partial charge is 0.232 e. The molecule has 0 saturated heterocycles. The zero-order valence-corrected chi connectivity index (χ0v) is 16.9. The summed E-state index contributed by atoms with van der Waals surface area (Å²) in [6.07, 6.45) is 1.76. The normalized spacial score (nSPS) is 11.1. The first-order chi connectivity index (χ1) is 12.8. The highest BCUT2D eigenvalue weighted by atomic mass is 35.5. The van der Waals surface area contributed by atoms with Crippen molar-refractivity contribution in [2.45, 2.75) is 19.4 Å². The molecule has 0 atom stereocenters. The maximum Gasteiger partial charge on any atom is 0.232 e. The number of rotatable bonds is 9. The number of benzene rings is 2. The third-order valence-electron chi connectivity index (χ3n) is 3.95. The van der Waals surface area contributed by atoms with Gasteiger partial charge in [-0.15, -0.1) is 0 Å². The molecular formula is C19H23ClN2O4S. The van der Waals surface area contributed by atoms with Crippen molar-refractivity contribution in [2.75, 3.05) is 24.2 Å². The number of nitrogens with zero attached hydrogens (tertiary/aromatic N) is 1. The highest BCUT2D eigenvalue weighted by Gasteiger charge is 2.17. The summed E-state index contributed by atoms with van der Waals surface area (Å²) in [7, 11) is -1.87. The molecule has 146 valence electrons. The Morgan fingerprint density at radius 1 is 1.15 bits per heavy atom. The molecule has 0 radical (unpaired) electrons. The van der Waals surface area contributed by atoms with Crippen molar-refractivity contribution in [3.05, 3.63) is 59.1 Å². The minimum atomic E-state index is -3.45. The first-order valence-electron chi connectivity index (χ1n) is 8.43. The Morgan fingerprint density at radius 3 is 2.44 bits per heavy atom. The Kier molecular flexibility index (Phi) is 7.50. The lowest BCUT2D eigenvalue weighted by Gasteiger charge is -2.22. The molecule has 0 heterocycles. The van der Waals surface area contributed by atoms with Gasteiger partial charge in [0.15, 0.2) is 0 Å². The average Bonchev–Trinajstić information content (AvgIpc) is 2.64. The van der Waals surface area contributed by atoms with Crippen LogP contribution in [0, 0.1) is 0 Å². The largest absolute Gasteiger partial charge is 0.496 e. The van der Waals surface area contributed by atoms with Crippen LogP contribution in [-0.4, -0.2) is 34.2 Å². The molecule has 2 rings (SSSR count). The van der Waals surface area contributed by atoms with Crippen LogP contribution in [0.4, 0.5) is 5.69 Å². The van der Waals surface area contributed by atoms with Gasteiger partial charge in [0.05, 0.1) is 19.1 Å². The second-order valence-electron chi connectivity index (χ2n) is 6.00. The Bertz CT molecular complexity index is 870. The van der Waals surface area contributed by atoms with Gasteiger partial charge >= 0.3 is 0 Å². The maximum atomic E-state index is 12.1. The number of sulfonamides is 1. The van der Waals surface area contributed by atoms with Crippen molar-refractivity contribution in [3.8, 4) is 5.75 Å². The third-order valence-corrected chi connectivity index (χ3v) is 5.39. The van der Waals surface area contributed by atoms with Crippen LogP contribution in [0.3, 0.4) is 0 Å². The van der Waals surface area contributed by atoms with Crippen LogP contribution in [0.2, 0.25) is 5.02 Å². The molecule has 2 aromatic rings. The Hall–Kier alpha value is -2.25. The van der Waals surface area contributed by atoms with Crippen LogP contribution < -0.4 is 14.4 Å². The molecule has 0 aliphatic rings. The van der Waals surface area contributed by atoms with Gasteiger partial charge in [0.2, 0.25) is 15.9 Å². The van der Waals surface area contributed by atoms with E-state index >= 15 is 0 Å². The number of carbonyl (C=O) groups is 1. The molecule has 1 amide bonds. The van der Waals surface area contributed by atoms with E-state index in [9.17, 15) is 13.2 Å². The summed E-state index contributed by atoms with van der Waals surface area (Å²) in [5.74, 6) is 0.564. The summed E-state index contributed by atoms with van der Waals surface area (Å²) >= 11 is 5.85.